The molecule has 3 heteroatoms. The Labute approximate surface area is 115 Å². The fraction of sp³-hybridized carbons (Fsp3) is 0.562. The van der Waals surface area contributed by atoms with E-state index in [1.165, 1.54) is 11.3 Å². The van der Waals surface area contributed by atoms with E-state index in [0.29, 0.717) is 0 Å². The van der Waals surface area contributed by atoms with E-state index in [-0.39, 0.29) is 6.10 Å². The highest BCUT2D eigenvalue weighted by Gasteiger charge is 2.09. The van der Waals surface area contributed by atoms with E-state index in [1.807, 2.05) is 13.0 Å². The lowest BCUT2D eigenvalue weighted by Gasteiger charge is -2.09. The van der Waals surface area contributed by atoms with Gasteiger partial charge >= 0.3 is 0 Å². The largest absolute Gasteiger partial charge is 0.393 e. The lowest BCUT2D eigenvalue weighted by Crippen LogP contribution is -2.05. The van der Waals surface area contributed by atoms with Gasteiger partial charge in [-0.05, 0) is 44.7 Å². The molecule has 0 aliphatic carbocycles. The standard InChI is InChI=1S/C16H24N2O/c1-3-8-16-17-14-10-4-5-11-15(14)18(16)12-7-6-9-13(2)19/h4-5,10-11,13,19H,3,6-9,12H2,1-2H3. The smallest absolute Gasteiger partial charge is 0.109 e. The molecule has 1 heterocycles. The number of hydrogen-bond acceptors (Lipinski definition) is 2. The van der Waals surface area contributed by atoms with Crippen LogP contribution in [0.1, 0.15) is 45.4 Å². The highest BCUT2D eigenvalue weighted by molar-refractivity contribution is 5.75. The fourth-order valence-electron chi connectivity index (χ4n) is 2.50. The van der Waals surface area contributed by atoms with Crippen LogP contribution in [0.5, 0.6) is 0 Å². The molecule has 1 atom stereocenters. The first-order valence-corrected chi connectivity index (χ1v) is 7.34. The lowest BCUT2D eigenvalue weighted by atomic mass is 10.1. The maximum Gasteiger partial charge on any atom is 0.109 e. The number of para-hydroxylation sites is 2. The molecule has 0 spiro atoms. The molecule has 0 radical (unpaired) electrons. The zero-order valence-electron chi connectivity index (χ0n) is 12.0. The van der Waals surface area contributed by atoms with Gasteiger partial charge in [0.05, 0.1) is 17.1 Å². The van der Waals surface area contributed by atoms with Crippen LogP contribution in [0.4, 0.5) is 0 Å². The Morgan fingerprint density at radius 2 is 2.05 bits per heavy atom. The Kier molecular flexibility index (Phi) is 4.97. The molecule has 104 valence electrons. The van der Waals surface area contributed by atoms with Gasteiger partial charge in [0.1, 0.15) is 5.82 Å². The molecule has 1 aromatic heterocycles. The molecule has 0 aliphatic rings. The minimum Gasteiger partial charge on any atom is -0.393 e. The minimum absolute atomic E-state index is 0.186. The normalized spacial score (nSPS) is 13.0. The number of imidazole rings is 1. The number of fused-ring (bicyclic) bond motifs is 1. The number of aryl methyl sites for hydroxylation is 2. The van der Waals surface area contributed by atoms with Crippen LogP contribution >= 0.6 is 0 Å². The molecule has 1 N–H and O–H groups in total. The molecular weight excluding hydrogens is 236 g/mol. The molecular formula is C16H24N2O. The number of aliphatic hydroxyl groups is 1. The number of aromatic nitrogens is 2. The molecule has 3 nitrogen and oxygen atoms in total. The van der Waals surface area contributed by atoms with Crippen LogP contribution in [0, 0.1) is 0 Å². The molecule has 0 bridgehead atoms. The van der Waals surface area contributed by atoms with Crippen molar-refractivity contribution in [3.05, 3.63) is 30.1 Å². The maximum atomic E-state index is 9.30. The van der Waals surface area contributed by atoms with Gasteiger partial charge in [-0.15, -0.1) is 0 Å². The van der Waals surface area contributed by atoms with Gasteiger partial charge in [0.15, 0.2) is 0 Å². The van der Waals surface area contributed by atoms with Crippen LogP contribution in [0.15, 0.2) is 24.3 Å². The molecule has 0 saturated carbocycles. The van der Waals surface area contributed by atoms with E-state index < -0.39 is 0 Å². The zero-order chi connectivity index (χ0) is 13.7. The van der Waals surface area contributed by atoms with Crippen molar-refractivity contribution < 1.29 is 5.11 Å². The van der Waals surface area contributed by atoms with Gasteiger partial charge in [-0.2, -0.15) is 0 Å². The number of aliphatic hydroxyl groups excluding tert-OH is 1. The van der Waals surface area contributed by atoms with Crippen LogP contribution in [0.2, 0.25) is 0 Å². The number of rotatable bonds is 7. The third-order valence-electron chi connectivity index (χ3n) is 3.46. The Morgan fingerprint density at radius 1 is 1.26 bits per heavy atom. The Morgan fingerprint density at radius 3 is 2.79 bits per heavy atom. The van der Waals surface area contributed by atoms with Crippen LogP contribution in [-0.4, -0.2) is 20.8 Å². The second-order valence-electron chi connectivity index (χ2n) is 5.26. The summed E-state index contributed by atoms with van der Waals surface area (Å²) in [6, 6.07) is 8.35. The van der Waals surface area contributed by atoms with E-state index >= 15 is 0 Å². The fourth-order valence-corrected chi connectivity index (χ4v) is 2.50. The lowest BCUT2D eigenvalue weighted by molar-refractivity contribution is 0.180. The summed E-state index contributed by atoms with van der Waals surface area (Å²) >= 11 is 0. The van der Waals surface area contributed by atoms with E-state index in [1.54, 1.807) is 0 Å². The average Bonchev–Trinajstić information content (AvgIpc) is 2.73. The summed E-state index contributed by atoms with van der Waals surface area (Å²) < 4.78 is 2.35. The second kappa shape index (κ2) is 6.71. The molecule has 19 heavy (non-hydrogen) atoms. The minimum atomic E-state index is -0.186. The predicted molar refractivity (Wildman–Crippen MR) is 79.3 cm³/mol. The molecule has 1 unspecified atom stereocenters. The zero-order valence-corrected chi connectivity index (χ0v) is 12.0. The van der Waals surface area contributed by atoms with Gasteiger partial charge in [0, 0.05) is 13.0 Å². The van der Waals surface area contributed by atoms with E-state index in [2.05, 4.69) is 29.7 Å². The monoisotopic (exact) mass is 260 g/mol. The summed E-state index contributed by atoms with van der Waals surface area (Å²) in [5.41, 5.74) is 2.34. The summed E-state index contributed by atoms with van der Waals surface area (Å²) in [5.74, 6) is 1.20. The van der Waals surface area contributed by atoms with Crippen molar-refractivity contribution >= 4 is 11.0 Å². The number of benzene rings is 1. The van der Waals surface area contributed by atoms with Gasteiger partial charge in [0.2, 0.25) is 0 Å². The number of unbranched alkanes of at least 4 members (excludes halogenated alkanes) is 1. The van der Waals surface area contributed by atoms with Crippen LogP contribution < -0.4 is 0 Å². The van der Waals surface area contributed by atoms with Gasteiger partial charge in [0.25, 0.3) is 0 Å². The SMILES string of the molecule is CCCc1nc2ccccc2n1CCCCC(C)O. The molecule has 1 aromatic carbocycles. The van der Waals surface area contributed by atoms with Crippen molar-refractivity contribution in [3.63, 3.8) is 0 Å². The quantitative estimate of drug-likeness (QED) is 0.773. The topological polar surface area (TPSA) is 38.0 Å². The van der Waals surface area contributed by atoms with Crippen LogP contribution in [0.25, 0.3) is 11.0 Å². The first-order chi connectivity index (χ1) is 9.22. The second-order valence-corrected chi connectivity index (χ2v) is 5.26. The Balaban J connectivity index is 2.12. The first-order valence-electron chi connectivity index (χ1n) is 7.34. The summed E-state index contributed by atoms with van der Waals surface area (Å²) in [6.07, 6.45) is 5.02. The highest BCUT2D eigenvalue weighted by Crippen LogP contribution is 2.18. The third-order valence-corrected chi connectivity index (χ3v) is 3.46. The van der Waals surface area contributed by atoms with Crippen molar-refractivity contribution in [2.45, 2.75) is 58.6 Å². The predicted octanol–water partition coefficient (Wildman–Crippen LogP) is 3.54. The number of nitrogens with zero attached hydrogens (tertiary/aromatic N) is 2. The van der Waals surface area contributed by atoms with Gasteiger partial charge < -0.3 is 9.67 Å². The van der Waals surface area contributed by atoms with Crippen molar-refractivity contribution in [1.82, 2.24) is 9.55 Å². The van der Waals surface area contributed by atoms with E-state index in [4.69, 9.17) is 4.98 Å². The third kappa shape index (κ3) is 3.57. The molecule has 0 fully saturated rings. The van der Waals surface area contributed by atoms with E-state index in [9.17, 15) is 5.11 Å². The Hall–Kier alpha value is -1.35. The Bertz CT molecular complexity index is 516. The summed E-state index contributed by atoms with van der Waals surface area (Å²) in [6.45, 7) is 5.05. The van der Waals surface area contributed by atoms with Gasteiger partial charge in [-0.3, -0.25) is 0 Å². The molecule has 0 saturated heterocycles. The van der Waals surface area contributed by atoms with Gasteiger partial charge in [-0.25, -0.2) is 4.98 Å². The van der Waals surface area contributed by atoms with Gasteiger partial charge in [-0.1, -0.05) is 19.1 Å². The molecule has 2 rings (SSSR count). The molecule has 2 aromatic rings. The van der Waals surface area contributed by atoms with Crippen LogP contribution in [-0.2, 0) is 13.0 Å². The van der Waals surface area contributed by atoms with Crippen molar-refractivity contribution in [2.75, 3.05) is 0 Å². The first kappa shape index (κ1) is 14.1. The molecule has 0 aliphatic heterocycles. The summed E-state index contributed by atoms with van der Waals surface area (Å²) in [5, 5.41) is 9.30. The number of hydrogen-bond donors (Lipinski definition) is 1. The summed E-state index contributed by atoms with van der Waals surface area (Å²) in [4.78, 5) is 4.73. The van der Waals surface area contributed by atoms with Crippen molar-refractivity contribution in [2.24, 2.45) is 0 Å². The molecule has 0 amide bonds. The maximum absolute atomic E-state index is 9.30. The van der Waals surface area contributed by atoms with Crippen LogP contribution in [0.3, 0.4) is 0 Å². The summed E-state index contributed by atoms with van der Waals surface area (Å²) in [7, 11) is 0. The van der Waals surface area contributed by atoms with E-state index in [0.717, 1.165) is 44.2 Å². The average molecular weight is 260 g/mol. The van der Waals surface area contributed by atoms with Crippen molar-refractivity contribution in [1.29, 1.82) is 0 Å². The highest BCUT2D eigenvalue weighted by atomic mass is 16.3. The van der Waals surface area contributed by atoms with Crippen molar-refractivity contribution in [3.8, 4) is 0 Å².